The van der Waals surface area contributed by atoms with Crippen LogP contribution in [0.2, 0.25) is 5.02 Å². The average Bonchev–Trinajstić information content (AvgIpc) is 2.70. The molecule has 0 heterocycles. The fraction of sp³-hybridized carbons (Fsp3) is 0.143. The smallest absolute Gasteiger partial charge is 0.259 e. The molecule has 8 heteroatoms. The monoisotopic (exact) mass is 430 g/mol. The summed E-state index contributed by atoms with van der Waals surface area (Å²) in [7, 11) is -4.02. The Morgan fingerprint density at radius 1 is 0.966 bits per heavy atom. The molecule has 0 radical (unpaired) electrons. The number of halogens is 1. The van der Waals surface area contributed by atoms with Crippen LogP contribution in [0.15, 0.2) is 77.7 Å². The second kappa shape index (κ2) is 8.23. The van der Waals surface area contributed by atoms with Crippen molar-refractivity contribution in [2.24, 2.45) is 0 Å². The zero-order valence-corrected chi connectivity index (χ0v) is 17.4. The van der Waals surface area contributed by atoms with E-state index in [-0.39, 0.29) is 10.6 Å². The van der Waals surface area contributed by atoms with Gasteiger partial charge < -0.3 is 0 Å². The standard InChI is InChI=1S/C21H19ClN2O4S/c1-15-7-9-17(10-8-15)23(16(2)20-5-3-4-6-21(20)22)29(27,28)19-13-11-18(12-14-19)24(25)26/h3-14,16H,1-2H3. The number of hydrogen-bond donors (Lipinski definition) is 0. The zero-order chi connectivity index (χ0) is 21.2. The maximum atomic E-state index is 13.5. The normalized spacial score (nSPS) is 12.4. The summed E-state index contributed by atoms with van der Waals surface area (Å²) in [5.41, 5.74) is 1.94. The van der Waals surface area contributed by atoms with E-state index in [0.717, 1.165) is 5.56 Å². The molecular weight excluding hydrogens is 412 g/mol. The number of nitro groups is 1. The molecule has 0 fully saturated rings. The maximum absolute atomic E-state index is 13.5. The van der Waals surface area contributed by atoms with Gasteiger partial charge in [-0.05, 0) is 49.7 Å². The van der Waals surface area contributed by atoms with Crippen molar-refractivity contribution in [3.8, 4) is 0 Å². The molecule has 0 spiro atoms. The highest BCUT2D eigenvalue weighted by molar-refractivity contribution is 7.92. The van der Waals surface area contributed by atoms with Crippen molar-refractivity contribution in [3.63, 3.8) is 0 Å². The molecule has 3 aromatic rings. The minimum Gasteiger partial charge on any atom is -0.259 e. The fourth-order valence-corrected chi connectivity index (χ4v) is 4.99. The second-order valence-electron chi connectivity index (χ2n) is 6.58. The predicted octanol–water partition coefficient (Wildman–Crippen LogP) is 5.51. The minimum absolute atomic E-state index is 0.0393. The van der Waals surface area contributed by atoms with Crippen molar-refractivity contribution >= 4 is 33.0 Å². The lowest BCUT2D eigenvalue weighted by Crippen LogP contribution is -2.33. The molecule has 29 heavy (non-hydrogen) atoms. The number of aryl methyl sites for hydroxylation is 1. The first-order valence-electron chi connectivity index (χ1n) is 8.82. The van der Waals surface area contributed by atoms with Gasteiger partial charge >= 0.3 is 0 Å². The highest BCUT2D eigenvalue weighted by Crippen LogP contribution is 2.36. The highest BCUT2D eigenvalue weighted by Gasteiger charge is 2.31. The molecule has 1 atom stereocenters. The zero-order valence-electron chi connectivity index (χ0n) is 15.8. The van der Waals surface area contributed by atoms with Crippen LogP contribution in [0.3, 0.4) is 0 Å². The van der Waals surface area contributed by atoms with Crippen molar-refractivity contribution in [2.75, 3.05) is 4.31 Å². The van der Waals surface area contributed by atoms with Gasteiger partial charge in [0.1, 0.15) is 0 Å². The van der Waals surface area contributed by atoms with Crippen molar-refractivity contribution < 1.29 is 13.3 Å². The van der Waals surface area contributed by atoms with E-state index in [1.807, 2.05) is 19.1 Å². The van der Waals surface area contributed by atoms with Gasteiger partial charge in [0, 0.05) is 17.2 Å². The van der Waals surface area contributed by atoms with Gasteiger partial charge in [0.25, 0.3) is 15.7 Å². The summed E-state index contributed by atoms with van der Waals surface area (Å²) in [5, 5.41) is 11.4. The van der Waals surface area contributed by atoms with Crippen molar-refractivity contribution in [3.05, 3.63) is 99.1 Å². The molecule has 0 saturated heterocycles. The first-order valence-corrected chi connectivity index (χ1v) is 10.6. The SMILES string of the molecule is Cc1ccc(N(C(C)c2ccccc2Cl)S(=O)(=O)c2ccc([N+](=O)[O-])cc2)cc1. The Morgan fingerprint density at radius 3 is 2.10 bits per heavy atom. The molecule has 0 saturated carbocycles. The van der Waals surface area contributed by atoms with Gasteiger partial charge in [-0.15, -0.1) is 0 Å². The Bertz CT molecular complexity index is 1130. The van der Waals surface area contributed by atoms with Crippen LogP contribution in [0, 0.1) is 17.0 Å². The summed E-state index contributed by atoms with van der Waals surface area (Å²) in [4.78, 5) is 10.3. The van der Waals surface area contributed by atoms with Gasteiger partial charge in [0.15, 0.2) is 0 Å². The molecule has 0 N–H and O–H groups in total. The van der Waals surface area contributed by atoms with Crippen LogP contribution >= 0.6 is 11.6 Å². The Balaban J connectivity index is 2.15. The van der Waals surface area contributed by atoms with Crippen LogP contribution in [-0.4, -0.2) is 13.3 Å². The Labute approximate surface area is 174 Å². The summed E-state index contributed by atoms with van der Waals surface area (Å²) in [6.45, 7) is 3.67. The third-order valence-electron chi connectivity index (χ3n) is 4.60. The molecule has 0 aliphatic rings. The molecular formula is C21H19ClN2O4S. The lowest BCUT2D eigenvalue weighted by molar-refractivity contribution is -0.384. The Kier molecular flexibility index (Phi) is 5.91. The van der Waals surface area contributed by atoms with Gasteiger partial charge in [-0.2, -0.15) is 0 Å². The summed E-state index contributed by atoms with van der Waals surface area (Å²) in [6, 6.07) is 18.4. The number of hydrogen-bond acceptors (Lipinski definition) is 4. The minimum atomic E-state index is -4.02. The van der Waals surface area contributed by atoms with Crippen LogP contribution in [0.1, 0.15) is 24.1 Å². The van der Waals surface area contributed by atoms with Crippen LogP contribution in [0.4, 0.5) is 11.4 Å². The molecule has 0 aromatic heterocycles. The van der Waals surface area contributed by atoms with Gasteiger partial charge in [-0.25, -0.2) is 8.42 Å². The van der Waals surface area contributed by atoms with E-state index in [2.05, 4.69) is 0 Å². The molecule has 150 valence electrons. The number of sulfonamides is 1. The summed E-state index contributed by atoms with van der Waals surface area (Å²) in [6.07, 6.45) is 0. The molecule has 6 nitrogen and oxygen atoms in total. The van der Waals surface area contributed by atoms with Crippen LogP contribution in [-0.2, 0) is 10.0 Å². The topological polar surface area (TPSA) is 80.5 Å². The average molecular weight is 431 g/mol. The fourth-order valence-electron chi connectivity index (χ4n) is 3.06. The van der Waals surface area contributed by atoms with E-state index in [1.165, 1.54) is 28.6 Å². The van der Waals surface area contributed by atoms with E-state index < -0.39 is 21.0 Å². The van der Waals surface area contributed by atoms with Crippen LogP contribution in [0.25, 0.3) is 0 Å². The molecule has 1 unspecified atom stereocenters. The van der Waals surface area contributed by atoms with Gasteiger partial charge in [-0.1, -0.05) is 47.5 Å². The van der Waals surface area contributed by atoms with E-state index in [4.69, 9.17) is 11.6 Å². The first kappa shape index (κ1) is 20.8. The third kappa shape index (κ3) is 4.26. The molecule has 3 aromatic carbocycles. The Morgan fingerprint density at radius 2 is 1.55 bits per heavy atom. The molecule has 0 aliphatic carbocycles. The first-order chi connectivity index (χ1) is 13.7. The number of anilines is 1. The number of nitrogens with zero attached hydrogens (tertiary/aromatic N) is 2. The molecule has 0 amide bonds. The van der Waals surface area contributed by atoms with Crippen LogP contribution in [0.5, 0.6) is 0 Å². The van der Waals surface area contributed by atoms with Crippen LogP contribution < -0.4 is 4.31 Å². The summed E-state index contributed by atoms with van der Waals surface area (Å²) < 4.78 is 28.4. The maximum Gasteiger partial charge on any atom is 0.269 e. The number of rotatable bonds is 6. The lowest BCUT2D eigenvalue weighted by Gasteiger charge is -2.31. The largest absolute Gasteiger partial charge is 0.269 e. The van der Waals surface area contributed by atoms with Crippen molar-refractivity contribution in [1.29, 1.82) is 0 Å². The second-order valence-corrected chi connectivity index (χ2v) is 8.81. The summed E-state index contributed by atoms with van der Waals surface area (Å²) >= 11 is 6.33. The van der Waals surface area contributed by atoms with Crippen molar-refractivity contribution in [1.82, 2.24) is 0 Å². The van der Waals surface area contributed by atoms with Gasteiger partial charge in [0.2, 0.25) is 0 Å². The highest BCUT2D eigenvalue weighted by atomic mass is 35.5. The van der Waals surface area contributed by atoms with Gasteiger partial charge in [-0.3, -0.25) is 14.4 Å². The van der Waals surface area contributed by atoms with E-state index in [1.54, 1.807) is 43.3 Å². The number of nitro benzene ring substituents is 1. The van der Waals surface area contributed by atoms with E-state index in [9.17, 15) is 18.5 Å². The van der Waals surface area contributed by atoms with E-state index in [0.29, 0.717) is 16.3 Å². The number of benzene rings is 3. The predicted molar refractivity (Wildman–Crippen MR) is 114 cm³/mol. The molecule has 3 rings (SSSR count). The third-order valence-corrected chi connectivity index (χ3v) is 6.86. The lowest BCUT2D eigenvalue weighted by atomic mass is 10.1. The Hall–Kier alpha value is -2.90. The quantitative estimate of drug-likeness (QED) is 0.381. The number of non-ortho nitro benzene ring substituents is 1. The van der Waals surface area contributed by atoms with Gasteiger partial charge in [0.05, 0.1) is 21.5 Å². The van der Waals surface area contributed by atoms with E-state index >= 15 is 0 Å². The van der Waals surface area contributed by atoms with Crippen molar-refractivity contribution in [2.45, 2.75) is 24.8 Å². The molecule has 0 aliphatic heterocycles. The molecule has 0 bridgehead atoms. The summed E-state index contributed by atoms with van der Waals surface area (Å²) in [5.74, 6) is 0.